The molecule has 2 N–H and O–H groups in total. The van der Waals surface area contributed by atoms with Gasteiger partial charge >= 0.3 is 0 Å². The maximum absolute atomic E-state index is 11.7. The SMILES string of the molecule is CC1(O)CCN(CC(=O)Nc2ncccn2)CC1. The second-order valence-corrected chi connectivity index (χ2v) is 4.89. The molecule has 0 aliphatic carbocycles. The number of rotatable bonds is 3. The van der Waals surface area contributed by atoms with Crippen molar-refractivity contribution in [1.29, 1.82) is 0 Å². The standard InChI is InChI=1S/C12H18N4O2/c1-12(18)3-7-16(8-4-12)9-10(17)15-11-13-5-2-6-14-11/h2,5-6,18H,3-4,7-9H2,1H3,(H,13,14,15,17). The molecule has 18 heavy (non-hydrogen) atoms. The quantitative estimate of drug-likeness (QED) is 0.804. The number of piperidine rings is 1. The molecule has 0 bridgehead atoms. The van der Waals surface area contributed by atoms with E-state index >= 15 is 0 Å². The average Bonchev–Trinajstić information content (AvgIpc) is 2.33. The molecule has 1 fully saturated rings. The molecule has 0 radical (unpaired) electrons. The zero-order valence-corrected chi connectivity index (χ0v) is 10.5. The number of likely N-dealkylation sites (tertiary alicyclic amines) is 1. The number of nitrogens with zero attached hydrogens (tertiary/aromatic N) is 3. The van der Waals surface area contributed by atoms with Gasteiger partial charge in [-0.3, -0.25) is 15.0 Å². The number of amides is 1. The van der Waals surface area contributed by atoms with Gasteiger partial charge in [0.15, 0.2) is 0 Å². The van der Waals surface area contributed by atoms with E-state index < -0.39 is 5.60 Å². The topological polar surface area (TPSA) is 78.4 Å². The van der Waals surface area contributed by atoms with Crippen LogP contribution in [0.25, 0.3) is 0 Å². The summed E-state index contributed by atoms with van der Waals surface area (Å²) in [6.07, 6.45) is 4.56. The van der Waals surface area contributed by atoms with Crippen LogP contribution < -0.4 is 5.32 Å². The Bertz CT molecular complexity index is 398. The molecular weight excluding hydrogens is 232 g/mol. The first-order valence-corrected chi connectivity index (χ1v) is 6.07. The van der Waals surface area contributed by atoms with Crippen molar-refractivity contribution in [1.82, 2.24) is 14.9 Å². The Hall–Kier alpha value is -1.53. The zero-order chi connectivity index (χ0) is 13.0. The number of aromatic nitrogens is 2. The summed E-state index contributed by atoms with van der Waals surface area (Å²) in [7, 11) is 0. The molecular formula is C12H18N4O2. The van der Waals surface area contributed by atoms with Crippen molar-refractivity contribution in [3.63, 3.8) is 0 Å². The number of carbonyl (C=O) groups is 1. The van der Waals surface area contributed by atoms with Crippen molar-refractivity contribution in [2.24, 2.45) is 0 Å². The van der Waals surface area contributed by atoms with Crippen LogP contribution in [0.5, 0.6) is 0 Å². The summed E-state index contributed by atoms with van der Waals surface area (Å²) < 4.78 is 0. The van der Waals surface area contributed by atoms with E-state index in [1.165, 1.54) is 0 Å². The molecule has 0 atom stereocenters. The van der Waals surface area contributed by atoms with Crippen molar-refractivity contribution in [2.75, 3.05) is 25.0 Å². The summed E-state index contributed by atoms with van der Waals surface area (Å²) in [5, 5.41) is 12.5. The van der Waals surface area contributed by atoms with Crippen LogP contribution in [-0.2, 0) is 4.79 Å². The number of nitrogens with one attached hydrogen (secondary N) is 1. The maximum Gasteiger partial charge on any atom is 0.240 e. The van der Waals surface area contributed by atoms with Crippen LogP contribution >= 0.6 is 0 Å². The minimum absolute atomic E-state index is 0.122. The Labute approximate surface area is 106 Å². The van der Waals surface area contributed by atoms with Gasteiger partial charge in [0, 0.05) is 25.5 Å². The Morgan fingerprint density at radius 1 is 1.44 bits per heavy atom. The van der Waals surface area contributed by atoms with E-state index in [0.717, 1.165) is 13.1 Å². The first-order valence-electron chi connectivity index (χ1n) is 6.07. The van der Waals surface area contributed by atoms with Gasteiger partial charge in [-0.15, -0.1) is 0 Å². The number of anilines is 1. The van der Waals surface area contributed by atoms with Gasteiger partial charge < -0.3 is 5.11 Å². The van der Waals surface area contributed by atoms with Gasteiger partial charge in [0.2, 0.25) is 11.9 Å². The van der Waals surface area contributed by atoms with Gasteiger partial charge in [-0.25, -0.2) is 9.97 Å². The molecule has 0 aromatic carbocycles. The molecule has 2 heterocycles. The number of hydrogen-bond donors (Lipinski definition) is 2. The molecule has 98 valence electrons. The molecule has 2 rings (SSSR count). The minimum atomic E-state index is -0.588. The second kappa shape index (κ2) is 5.41. The van der Waals surface area contributed by atoms with E-state index in [-0.39, 0.29) is 5.91 Å². The van der Waals surface area contributed by atoms with E-state index in [1.807, 2.05) is 11.8 Å². The third-order valence-electron chi connectivity index (χ3n) is 3.12. The lowest BCUT2D eigenvalue weighted by molar-refractivity contribution is -0.118. The van der Waals surface area contributed by atoms with Crippen LogP contribution in [0.1, 0.15) is 19.8 Å². The zero-order valence-electron chi connectivity index (χ0n) is 10.5. The Balaban J connectivity index is 1.79. The third kappa shape index (κ3) is 3.75. The number of aliphatic hydroxyl groups is 1. The summed E-state index contributed by atoms with van der Waals surface area (Å²) in [5.74, 6) is 0.203. The van der Waals surface area contributed by atoms with E-state index in [4.69, 9.17) is 0 Å². The van der Waals surface area contributed by atoms with Crippen LogP contribution in [0.3, 0.4) is 0 Å². The van der Waals surface area contributed by atoms with Crippen molar-refractivity contribution in [3.8, 4) is 0 Å². The second-order valence-electron chi connectivity index (χ2n) is 4.89. The van der Waals surface area contributed by atoms with Crippen LogP contribution in [0.15, 0.2) is 18.5 Å². The van der Waals surface area contributed by atoms with Crippen LogP contribution in [0, 0.1) is 0 Å². The summed E-state index contributed by atoms with van der Waals surface area (Å²) in [6, 6.07) is 1.70. The van der Waals surface area contributed by atoms with Gasteiger partial charge in [-0.05, 0) is 25.8 Å². The predicted molar refractivity (Wildman–Crippen MR) is 67.0 cm³/mol. The van der Waals surface area contributed by atoms with Gasteiger partial charge in [-0.2, -0.15) is 0 Å². The molecule has 0 saturated carbocycles. The third-order valence-corrected chi connectivity index (χ3v) is 3.12. The Morgan fingerprint density at radius 2 is 2.06 bits per heavy atom. The highest BCUT2D eigenvalue weighted by Gasteiger charge is 2.27. The molecule has 1 aromatic heterocycles. The fourth-order valence-electron chi connectivity index (χ4n) is 1.92. The van der Waals surface area contributed by atoms with E-state index in [1.54, 1.807) is 18.5 Å². The van der Waals surface area contributed by atoms with Gasteiger partial charge in [0.1, 0.15) is 0 Å². The summed E-state index contributed by atoms with van der Waals surface area (Å²) >= 11 is 0. The lowest BCUT2D eigenvalue weighted by Gasteiger charge is -2.35. The number of hydrogen-bond acceptors (Lipinski definition) is 5. The van der Waals surface area contributed by atoms with Gasteiger partial charge in [0.05, 0.1) is 12.1 Å². The fraction of sp³-hybridized carbons (Fsp3) is 0.583. The molecule has 6 heteroatoms. The lowest BCUT2D eigenvalue weighted by Crippen LogP contribution is -2.45. The molecule has 1 saturated heterocycles. The van der Waals surface area contributed by atoms with Crippen LogP contribution in [0.4, 0.5) is 5.95 Å². The van der Waals surface area contributed by atoms with E-state index in [9.17, 15) is 9.90 Å². The van der Waals surface area contributed by atoms with Crippen molar-refractivity contribution < 1.29 is 9.90 Å². The Kier molecular flexibility index (Phi) is 3.88. The van der Waals surface area contributed by atoms with Crippen LogP contribution in [0.2, 0.25) is 0 Å². The van der Waals surface area contributed by atoms with Crippen LogP contribution in [-0.4, -0.2) is 51.1 Å². The summed E-state index contributed by atoms with van der Waals surface area (Å²) in [4.78, 5) is 21.6. The van der Waals surface area contributed by atoms with Crippen molar-refractivity contribution in [2.45, 2.75) is 25.4 Å². The fourth-order valence-corrected chi connectivity index (χ4v) is 1.92. The molecule has 0 unspecified atom stereocenters. The maximum atomic E-state index is 11.7. The highest BCUT2D eigenvalue weighted by Crippen LogP contribution is 2.20. The van der Waals surface area contributed by atoms with Crippen molar-refractivity contribution in [3.05, 3.63) is 18.5 Å². The monoisotopic (exact) mass is 250 g/mol. The predicted octanol–water partition coefficient (Wildman–Crippen LogP) is 0.262. The van der Waals surface area contributed by atoms with E-state index in [2.05, 4.69) is 15.3 Å². The molecule has 6 nitrogen and oxygen atoms in total. The Morgan fingerprint density at radius 3 is 2.67 bits per heavy atom. The lowest BCUT2D eigenvalue weighted by atomic mass is 9.94. The largest absolute Gasteiger partial charge is 0.390 e. The molecule has 1 amide bonds. The number of carbonyl (C=O) groups excluding carboxylic acids is 1. The van der Waals surface area contributed by atoms with Crippen molar-refractivity contribution >= 4 is 11.9 Å². The van der Waals surface area contributed by atoms with Gasteiger partial charge in [0.25, 0.3) is 0 Å². The highest BCUT2D eigenvalue weighted by molar-refractivity contribution is 5.90. The molecule has 0 spiro atoms. The molecule has 1 aliphatic rings. The normalized spacial score (nSPS) is 19.4. The smallest absolute Gasteiger partial charge is 0.240 e. The summed E-state index contributed by atoms with van der Waals surface area (Å²) in [6.45, 7) is 3.61. The first kappa shape index (κ1) is 12.9. The first-order chi connectivity index (χ1) is 8.55. The van der Waals surface area contributed by atoms with E-state index in [0.29, 0.717) is 25.3 Å². The highest BCUT2D eigenvalue weighted by atomic mass is 16.3. The molecule has 1 aliphatic heterocycles. The average molecular weight is 250 g/mol. The molecule has 1 aromatic rings. The summed E-state index contributed by atoms with van der Waals surface area (Å²) in [5.41, 5.74) is -0.588. The minimum Gasteiger partial charge on any atom is -0.390 e. The van der Waals surface area contributed by atoms with Gasteiger partial charge in [-0.1, -0.05) is 0 Å².